The lowest BCUT2D eigenvalue weighted by Crippen LogP contribution is -2.54. The molecule has 8 nitrogen and oxygen atoms in total. The molecule has 4 fully saturated rings. The number of piperazine rings is 1. The van der Waals surface area contributed by atoms with Crippen LogP contribution in [0.25, 0.3) is 32.8 Å². The molecule has 2 unspecified atom stereocenters. The fraction of sp³-hybridized carbons (Fsp3) is 0.444. The minimum absolute atomic E-state index is 0.0174. The first-order valence-corrected chi connectivity index (χ1v) is 16.1. The number of fused-ring (bicyclic) bond motifs is 4. The van der Waals surface area contributed by atoms with Crippen molar-refractivity contribution in [2.45, 2.75) is 50.8 Å². The van der Waals surface area contributed by atoms with Crippen LogP contribution < -0.4 is 15.0 Å². The second-order valence-corrected chi connectivity index (χ2v) is 13.6. The molecule has 2 atom stereocenters. The van der Waals surface area contributed by atoms with Gasteiger partial charge >= 0.3 is 6.01 Å². The molecule has 0 amide bonds. The summed E-state index contributed by atoms with van der Waals surface area (Å²) in [6, 6.07) is 8.46. The van der Waals surface area contributed by atoms with Gasteiger partial charge in [-0.3, -0.25) is 4.90 Å². The number of rotatable bonds is 8. The summed E-state index contributed by atoms with van der Waals surface area (Å²) >= 11 is 0. The van der Waals surface area contributed by atoms with Gasteiger partial charge < -0.3 is 24.8 Å². The Morgan fingerprint density at radius 1 is 1.09 bits per heavy atom. The van der Waals surface area contributed by atoms with E-state index in [-0.39, 0.29) is 39.9 Å². The van der Waals surface area contributed by atoms with E-state index in [1.165, 1.54) is 24.3 Å². The topological polar surface area (TPSA) is 83.0 Å². The third-order valence-corrected chi connectivity index (χ3v) is 10.3. The summed E-state index contributed by atoms with van der Waals surface area (Å²) in [5, 5.41) is 15.8. The third kappa shape index (κ3) is 5.02. The van der Waals surface area contributed by atoms with Crippen molar-refractivity contribution in [1.29, 1.82) is 0 Å². The summed E-state index contributed by atoms with van der Waals surface area (Å²) in [6.07, 6.45) is 10.3. The average molecular weight is 626 g/mol. The van der Waals surface area contributed by atoms with E-state index in [1.807, 2.05) is 6.07 Å². The molecule has 4 heterocycles. The Morgan fingerprint density at radius 3 is 2.54 bits per heavy atom. The Bertz CT molecular complexity index is 1900. The van der Waals surface area contributed by atoms with Gasteiger partial charge in [0.05, 0.1) is 18.3 Å². The standard InChI is InChI=1S/C36H37F2N5O3/c1-4-26-29(37)8-5-21-12-24(44)13-27(31(21)26)30-20(2)11-28-33(32(30)38)40-35(41-34(28)43-14-22-6-7-23(15-43)39-22)46-19-36(9-10-36)18-42-16-25(17-42)45-3/h1,5,8,11-13,22-23,25,39,44H,6-7,9-10,14-19H2,2-3H3. The van der Waals surface area contributed by atoms with Crippen LogP contribution in [0.4, 0.5) is 14.6 Å². The number of methoxy groups -OCH3 is 1. The lowest BCUT2D eigenvalue weighted by Gasteiger charge is -2.40. The smallest absolute Gasteiger partial charge is 0.319 e. The van der Waals surface area contributed by atoms with Gasteiger partial charge in [0.15, 0.2) is 5.82 Å². The summed E-state index contributed by atoms with van der Waals surface area (Å²) in [5.74, 6) is 1.84. The van der Waals surface area contributed by atoms with Crippen molar-refractivity contribution >= 4 is 27.5 Å². The number of benzene rings is 3. The van der Waals surface area contributed by atoms with E-state index in [4.69, 9.17) is 20.9 Å². The van der Waals surface area contributed by atoms with E-state index in [9.17, 15) is 9.50 Å². The number of phenolic OH excluding ortho intramolecular Hbond substituents is 1. The van der Waals surface area contributed by atoms with Crippen LogP contribution in [0, 0.1) is 36.3 Å². The summed E-state index contributed by atoms with van der Waals surface area (Å²) in [6.45, 7) is 6.52. The molecule has 46 heavy (non-hydrogen) atoms. The Morgan fingerprint density at radius 2 is 1.85 bits per heavy atom. The number of likely N-dealkylation sites (tertiary alicyclic amines) is 1. The first-order valence-electron chi connectivity index (χ1n) is 16.1. The minimum Gasteiger partial charge on any atom is -0.508 e. The van der Waals surface area contributed by atoms with Crippen molar-refractivity contribution in [2.24, 2.45) is 5.41 Å². The summed E-state index contributed by atoms with van der Waals surface area (Å²) in [4.78, 5) is 14.2. The van der Waals surface area contributed by atoms with Gasteiger partial charge in [0.25, 0.3) is 0 Å². The molecule has 4 aromatic rings. The highest BCUT2D eigenvalue weighted by Gasteiger charge is 2.47. The van der Waals surface area contributed by atoms with Gasteiger partial charge in [-0.1, -0.05) is 12.0 Å². The van der Waals surface area contributed by atoms with Crippen LogP contribution >= 0.6 is 0 Å². The fourth-order valence-electron chi connectivity index (χ4n) is 7.70. The maximum atomic E-state index is 17.1. The second kappa shape index (κ2) is 11.0. The minimum atomic E-state index is -0.590. The molecule has 3 aromatic carbocycles. The van der Waals surface area contributed by atoms with Gasteiger partial charge in [0, 0.05) is 73.7 Å². The SMILES string of the molecule is C#Cc1c(F)ccc2cc(O)cc(-c3c(C)cc4c(N5CC6CCC(C5)N6)nc(OCC5(CN6CC(OC)C6)CC5)nc4c3F)c12. The number of ether oxygens (including phenoxy) is 2. The molecule has 0 spiro atoms. The number of hydrogen-bond donors (Lipinski definition) is 2. The number of aromatic nitrogens is 2. The summed E-state index contributed by atoms with van der Waals surface area (Å²) < 4.78 is 43.8. The predicted octanol–water partition coefficient (Wildman–Crippen LogP) is 5.15. The van der Waals surface area contributed by atoms with Crippen molar-refractivity contribution in [3.8, 4) is 35.2 Å². The van der Waals surface area contributed by atoms with Crippen molar-refractivity contribution in [1.82, 2.24) is 20.2 Å². The highest BCUT2D eigenvalue weighted by molar-refractivity contribution is 6.05. The van der Waals surface area contributed by atoms with Crippen LogP contribution in [-0.4, -0.2) is 84.6 Å². The van der Waals surface area contributed by atoms with E-state index in [2.05, 4.69) is 26.0 Å². The number of hydrogen-bond acceptors (Lipinski definition) is 8. The molecule has 0 radical (unpaired) electrons. The number of aromatic hydroxyl groups is 1. The molecule has 3 aliphatic heterocycles. The van der Waals surface area contributed by atoms with Crippen LogP contribution in [0.2, 0.25) is 0 Å². The van der Waals surface area contributed by atoms with Gasteiger partial charge in [0.1, 0.15) is 22.9 Å². The van der Waals surface area contributed by atoms with Crippen LogP contribution in [0.5, 0.6) is 11.8 Å². The van der Waals surface area contributed by atoms with E-state index >= 15 is 4.39 Å². The molecule has 10 heteroatoms. The highest BCUT2D eigenvalue weighted by Crippen LogP contribution is 2.48. The van der Waals surface area contributed by atoms with Gasteiger partial charge in [-0.15, -0.1) is 6.42 Å². The highest BCUT2D eigenvalue weighted by atomic mass is 19.1. The van der Waals surface area contributed by atoms with Crippen molar-refractivity contribution < 1.29 is 23.4 Å². The van der Waals surface area contributed by atoms with Crippen LogP contribution in [0.1, 0.15) is 36.8 Å². The second-order valence-electron chi connectivity index (χ2n) is 13.6. The fourth-order valence-corrected chi connectivity index (χ4v) is 7.70. The number of phenols is 1. The first-order chi connectivity index (χ1) is 22.2. The van der Waals surface area contributed by atoms with Crippen molar-refractivity contribution in [3.63, 3.8) is 0 Å². The molecule has 1 aliphatic carbocycles. The Balaban J connectivity index is 1.24. The number of anilines is 1. The zero-order valence-corrected chi connectivity index (χ0v) is 26.1. The zero-order valence-electron chi connectivity index (χ0n) is 26.1. The molecule has 1 saturated carbocycles. The number of nitrogens with one attached hydrogen (secondary N) is 1. The molecule has 2 N–H and O–H groups in total. The maximum Gasteiger partial charge on any atom is 0.319 e. The molecular formula is C36H37F2N5O3. The van der Waals surface area contributed by atoms with Gasteiger partial charge in [-0.2, -0.15) is 9.97 Å². The summed E-state index contributed by atoms with van der Waals surface area (Å²) in [7, 11) is 1.75. The summed E-state index contributed by atoms with van der Waals surface area (Å²) in [5.41, 5.74) is 1.28. The molecule has 2 bridgehead atoms. The number of aryl methyl sites for hydroxylation is 1. The first kappa shape index (κ1) is 29.4. The number of nitrogens with zero attached hydrogens (tertiary/aromatic N) is 4. The van der Waals surface area contributed by atoms with E-state index < -0.39 is 11.6 Å². The largest absolute Gasteiger partial charge is 0.508 e. The number of halogens is 2. The van der Waals surface area contributed by atoms with Gasteiger partial charge in [-0.05, 0) is 73.4 Å². The Hall–Kier alpha value is -4.04. The molecule has 3 saturated heterocycles. The maximum absolute atomic E-state index is 17.1. The van der Waals surface area contributed by atoms with Crippen LogP contribution in [-0.2, 0) is 4.74 Å². The van der Waals surface area contributed by atoms with Gasteiger partial charge in [0.2, 0.25) is 0 Å². The predicted molar refractivity (Wildman–Crippen MR) is 173 cm³/mol. The molecule has 4 aliphatic rings. The number of terminal acetylenes is 1. The average Bonchev–Trinajstić information content (AvgIpc) is 3.71. The van der Waals surface area contributed by atoms with Crippen LogP contribution in [0.3, 0.4) is 0 Å². The van der Waals surface area contributed by atoms with E-state index in [1.54, 1.807) is 14.0 Å². The third-order valence-electron chi connectivity index (χ3n) is 10.3. The lowest BCUT2D eigenvalue weighted by atomic mass is 9.90. The Labute approximate surface area is 266 Å². The molecule has 238 valence electrons. The van der Waals surface area contributed by atoms with E-state index in [0.717, 1.165) is 58.4 Å². The molecule has 1 aromatic heterocycles. The van der Waals surface area contributed by atoms with E-state index in [0.29, 0.717) is 51.8 Å². The van der Waals surface area contributed by atoms with Crippen LogP contribution in [0.15, 0.2) is 30.3 Å². The van der Waals surface area contributed by atoms with Crippen molar-refractivity contribution in [2.75, 3.05) is 51.3 Å². The Kier molecular flexibility index (Phi) is 7.05. The van der Waals surface area contributed by atoms with Crippen molar-refractivity contribution in [3.05, 3.63) is 53.1 Å². The normalized spacial score (nSPS) is 22.3. The molecule has 8 rings (SSSR count). The zero-order chi connectivity index (χ0) is 31.7. The molecular weight excluding hydrogens is 588 g/mol. The quantitative estimate of drug-likeness (QED) is 0.260. The van der Waals surface area contributed by atoms with Gasteiger partial charge in [-0.25, -0.2) is 8.78 Å². The monoisotopic (exact) mass is 625 g/mol. The lowest BCUT2D eigenvalue weighted by molar-refractivity contribution is -0.0410.